The first-order chi connectivity index (χ1) is 9.51. The molecule has 1 aliphatic carbocycles. The van der Waals surface area contributed by atoms with Gasteiger partial charge in [0, 0.05) is 24.5 Å². The Morgan fingerprint density at radius 3 is 2.55 bits per heavy atom. The highest BCUT2D eigenvalue weighted by atomic mass is 16.1. The standard InChI is InChI=1S/C16H21N3O/c1-12-11-18(2)15(20)19(12)14-7-5-6-13(10-14)16(17)8-3-4-9-16/h5-7,10-11H,3-4,8-9,17H2,1-2H3. The van der Waals surface area contributed by atoms with E-state index in [0.29, 0.717) is 0 Å². The number of hydrogen-bond donors (Lipinski definition) is 1. The van der Waals surface area contributed by atoms with E-state index in [1.807, 2.05) is 25.3 Å². The minimum Gasteiger partial charge on any atom is -0.321 e. The molecule has 1 aromatic carbocycles. The highest BCUT2D eigenvalue weighted by Gasteiger charge is 2.31. The van der Waals surface area contributed by atoms with Gasteiger partial charge in [0.2, 0.25) is 0 Å². The molecule has 4 heteroatoms. The number of benzene rings is 1. The van der Waals surface area contributed by atoms with Gasteiger partial charge in [-0.2, -0.15) is 0 Å². The van der Waals surface area contributed by atoms with E-state index in [4.69, 9.17) is 5.73 Å². The third kappa shape index (κ3) is 2.00. The second-order valence-corrected chi connectivity index (χ2v) is 5.91. The van der Waals surface area contributed by atoms with Crippen LogP contribution >= 0.6 is 0 Å². The van der Waals surface area contributed by atoms with Crippen LogP contribution in [0.4, 0.5) is 0 Å². The minimum atomic E-state index is -0.220. The van der Waals surface area contributed by atoms with Gasteiger partial charge in [-0.05, 0) is 37.5 Å². The molecule has 1 heterocycles. The molecule has 1 fully saturated rings. The highest BCUT2D eigenvalue weighted by Crippen LogP contribution is 2.36. The third-order valence-corrected chi connectivity index (χ3v) is 4.40. The molecule has 1 aromatic heterocycles. The van der Waals surface area contributed by atoms with Crippen LogP contribution in [0.5, 0.6) is 0 Å². The first kappa shape index (κ1) is 13.2. The lowest BCUT2D eigenvalue weighted by molar-refractivity contribution is 0.461. The molecular weight excluding hydrogens is 250 g/mol. The van der Waals surface area contributed by atoms with Crippen LogP contribution < -0.4 is 11.4 Å². The smallest absolute Gasteiger partial charge is 0.321 e. The predicted molar refractivity (Wildman–Crippen MR) is 80.1 cm³/mol. The Balaban J connectivity index is 2.10. The van der Waals surface area contributed by atoms with E-state index in [0.717, 1.165) is 29.8 Å². The molecule has 0 atom stereocenters. The predicted octanol–water partition coefficient (Wildman–Crippen LogP) is 2.21. The third-order valence-electron chi connectivity index (χ3n) is 4.40. The summed E-state index contributed by atoms with van der Waals surface area (Å²) in [5.41, 5.74) is 9.26. The molecule has 0 bridgehead atoms. The van der Waals surface area contributed by atoms with E-state index in [1.165, 1.54) is 12.8 Å². The second-order valence-electron chi connectivity index (χ2n) is 5.91. The molecule has 3 rings (SSSR count). The van der Waals surface area contributed by atoms with Crippen LogP contribution in [0.25, 0.3) is 5.69 Å². The van der Waals surface area contributed by atoms with Crippen molar-refractivity contribution in [3.8, 4) is 5.69 Å². The number of nitrogens with zero attached hydrogens (tertiary/aromatic N) is 2. The summed E-state index contributed by atoms with van der Waals surface area (Å²) in [5, 5.41) is 0. The maximum absolute atomic E-state index is 12.2. The summed E-state index contributed by atoms with van der Waals surface area (Å²) in [6.45, 7) is 1.95. The van der Waals surface area contributed by atoms with Gasteiger partial charge >= 0.3 is 5.69 Å². The minimum absolute atomic E-state index is 0.0165. The van der Waals surface area contributed by atoms with Gasteiger partial charge in [-0.15, -0.1) is 0 Å². The lowest BCUT2D eigenvalue weighted by Crippen LogP contribution is -2.33. The molecule has 1 saturated carbocycles. The van der Waals surface area contributed by atoms with Crippen molar-refractivity contribution in [2.45, 2.75) is 38.1 Å². The van der Waals surface area contributed by atoms with E-state index in [2.05, 4.69) is 12.1 Å². The van der Waals surface area contributed by atoms with Crippen molar-refractivity contribution in [2.24, 2.45) is 12.8 Å². The van der Waals surface area contributed by atoms with Gasteiger partial charge in [-0.3, -0.25) is 4.57 Å². The van der Waals surface area contributed by atoms with Crippen LogP contribution in [0.1, 0.15) is 36.9 Å². The molecule has 0 spiro atoms. The summed E-state index contributed by atoms with van der Waals surface area (Å²) >= 11 is 0. The van der Waals surface area contributed by atoms with E-state index >= 15 is 0 Å². The number of rotatable bonds is 2. The SMILES string of the molecule is Cc1cn(C)c(=O)n1-c1cccc(C2(N)CCCC2)c1. The molecular formula is C16H21N3O. The quantitative estimate of drug-likeness (QED) is 0.910. The summed E-state index contributed by atoms with van der Waals surface area (Å²) in [4.78, 5) is 12.2. The van der Waals surface area contributed by atoms with Gasteiger partial charge in [0.25, 0.3) is 0 Å². The zero-order valence-electron chi connectivity index (χ0n) is 12.1. The molecule has 0 saturated heterocycles. The number of imidazole rings is 1. The first-order valence-corrected chi connectivity index (χ1v) is 7.16. The molecule has 0 aliphatic heterocycles. The largest absolute Gasteiger partial charge is 0.332 e. The number of hydrogen-bond acceptors (Lipinski definition) is 2. The Hall–Kier alpha value is -1.81. The van der Waals surface area contributed by atoms with Crippen LogP contribution in [0.15, 0.2) is 35.3 Å². The number of nitrogens with two attached hydrogens (primary N) is 1. The average molecular weight is 271 g/mol. The van der Waals surface area contributed by atoms with Gasteiger partial charge in [0.1, 0.15) is 0 Å². The fourth-order valence-electron chi connectivity index (χ4n) is 3.27. The van der Waals surface area contributed by atoms with E-state index in [9.17, 15) is 4.79 Å². The van der Waals surface area contributed by atoms with Crippen molar-refractivity contribution in [3.63, 3.8) is 0 Å². The lowest BCUT2D eigenvalue weighted by atomic mass is 9.89. The Bertz CT molecular complexity index is 690. The molecule has 1 aliphatic rings. The van der Waals surface area contributed by atoms with Gasteiger partial charge in [0.05, 0.1) is 5.69 Å². The number of aromatic nitrogens is 2. The lowest BCUT2D eigenvalue weighted by Gasteiger charge is -2.24. The summed E-state index contributed by atoms with van der Waals surface area (Å²) < 4.78 is 3.34. The van der Waals surface area contributed by atoms with Gasteiger partial charge in [-0.1, -0.05) is 25.0 Å². The van der Waals surface area contributed by atoms with Crippen LogP contribution in [0.3, 0.4) is 0 Å². The molecule has 0 amide bonds. The maximum Gasteiger partial charge on any atom is 0.332 e. The van der Waals surface area contributed by atoms with Gasteiger partial charge < -0.3 is 10.3 Å². The summed E-state index contributed by atoms with van der Waals surface area (Å²) in [5.74, 6) is 0. The van der Waals surface area contributed by atoms with E-state index in [1.54, 1.807) is 16.2 Å². The summed E-state index contributed by atoms with van der Waals surface area (Å²) in [6, 6.07) is 8.12. The fourth-order valence-corrected chi connectivity index (χ4v) is 3.27. The topological polar surface area (TPSA) is 53.0 Å². The van der Waals surface area contributed by atoms with Gasteiger partial charge in [0.15, 0.2) is 0 Å². The average Bonchev–Trinajstić information content (AvgIpc) is 2.96. The molecule has 0 radical (unpaired) electrons. The van der Waals surface area contributed by atoms with Gasteiger partial charge in [-0.25, -0.2) is 4.79 Å². The molecule has 2 aromatic rings. The zero-order chi connectivity index (χ0) is 14.3. The maximum atomic E-state index is 12.2. The summed E-state index contributed by atoms with van der Waals surface area (Å²) in [7, 11) is 1.77. The Labute approximate surface area is 118 Å². The van der Waals surface area contributed by atoms with Crippen LogP contribution in [0, 0.1) is 6.92 Å². The van der Waals surface area contributed by atoms with Crippen molar-refractivity contribution in [1.82, 2.24) is 9.13 Å². The first-order valence-electron chi connectivity index (χ1n) is 7.16. The number of aryl methyl sites for hydroxylation is 2. The fraction of sp³-hybridized carbons (Fsp3) is 0.438. The monoisotopic (exact) mass is 271 g/mol. The Kier molecular flexibility index (Phi) is 3.05. The second kappa shape index (κ2) is 4.63. The van der Waals surface area contributed by atoms with E-state index < -0.39 is 0 Å². The molecule has 2 N–H and O–H groups in total. The van der Waals surface area contributed by atoms with Crippen molar-refractivity contribution < 1.29 is 0 Å². The van der Waals surface area contributed by atoms with Crippen LogP contribution in [-0.4, -0.2) is 9.13 Å². The Morgan fingerprint density at radius 1 is 1.25 bits per heavy atom. The molecule has 20 heavy (non-hydrogen) atoms. The molecule has 106 valence electrons. The zero-order valence-corrected chi connectivity index (χ0v) is 12.1. The molecule has 0 unspecified atom stereocenters. The van der Waals surface area contributed by atoms with Crippen LogP contribution in [-0.2, 0) is 12.6 Å². The summed E-state index contributed by atoms with van der Waals surface area (Å²) in [6.07, 6.45) is 6.27. The van der Waals surface area contributed by atoms with Crippen molar-refractivity contribution in [2.75, 3.05) is 0 Å². The highest BCUT2D eigenvalue weighted by molar-refractivity contribution is 5.40. The van der Waals surface area contributed by atoms with Crippen molar-refractivity contribution >= 4 is 0 Å². The normalized spacial score (nSPS) is 17.6. The van der Waals surface area contributed by atoms with Crippen LogP contribution in [0.2, 0.25) is 0 Å². The van der Waals surface area contributed by atoms with E-state index in [-0.39, 0.29) is 11.2 Å². The van der Waals surface area contributed by atoms with Crippen molar-refractivity contribution in [1.29, 1.82) is 0 Å². The molecule has 4 nitrogen and oxygen atoms in total. The van der Waals surface area contributed by atoms with Crippen molar-refractivity contribution in [3.05, 3.63) is 52.2 Å². The Morgan fingerprint density at radius 2 is 1.95 bits per heavy atom.